The Hall–Kier alpha value is -1.39. The van der Waals surface area contributed by atoms with Crippen molar-refractivity contribution in [1.82, 2.24) is 10.3 Å². The summed E-state index contributed by atoms with van der Waals surface area (Å²) in [4.78, 5) is 16.2. The third-order valence-electron chi connectivity index (χ3n) is 2.57. The number of hydrogen-bond donors (Lipinski definition) is 1. The fourth-order valence-electron chi connectivity index (χ4n) is 1.62. The molecule has 0 fully saturated rings. The lowest BCUT2D eigenvalue weighted by Gasteiger charge is -2.07. The second-order valence-corrected chi connectivity index (χ2v) is 5.24. The molecule has 98 valence electrons. The average Bonchev–Trinajstić information content (AvgIpc) is 2.42. The van der Waals surface area contributed by atoms with Crippen LogP contribution in [0, 0.1) is 0 Å². The molecule has 1 aromatic heterocycles. The predicted molar refractivity (Wildman–Crippen MR) is 79.4 cm³/mol. The summed E-state index contributed by atoms with van der Waals surface area (Å²) in [6.45, 7) is 0.537. The van der Waals surface area contributed by atoms with Gasteiger partial charge in [-0.05, 0) is 46.3 Å². The molecule has 0 saturated heterocycles. The van der Waals surface area contributed by atoms with Crippen molar-refractivity contribution in [3.63, 3.8) is 0 Å². The van der Waals surface area contributed by atoms with Gasteiger partial charge in [-0.25, -0.2) is 0 Å². The number of rotatable bonds is 4. The van der Waals surface area contributed by atoms with E-state index in [0.717, 1.165) is 10.2 Å². The molecule has 1 heterocycles. The minimum atomic E-state index is -0.148. The molecule has 0 atom stereocenters. The first kappa shape index (κ1) is 14.0. The quantitative estimate of drug-likeness (QED) is 0.927. The van der Waals surface area contributed by atoms with Crippen molar-refractivity contribution in [2.24, 2.45) is 0 Å². The largest absolute Gasteiger partial charge is 0.352 e. The Balaban J connectivity index is 1.93. The van der Waals surface area contributed by atoms with Crippen molar-refractivity contribution in [2.75, 3.05) is 6.54 Å². The van der Waals surface area contributed by atoms with E-state index in [1.807, 2.05) is 18.2 Å². The van der Waals surface area contributed by atoms with E-state index >= 15 is 0 Å². The van der Waals surface area contributed by atoms with Gasteiger partial charge in [-0.2, -0.15) is 0 Å². The van der Waals surface area contributed by atoms with E-state index in [9.17, 15) is 4.79 Å². The summed E-state index contributed by atoms with van der Waals surface area (Å²) in [6.07, 6.45) is 2.44. The fourth-order valence-corrected chi connectivity index (χ4v) is 2.22. The molecule has 0 aliphatic heterocycles. The number of pyridine rings is 1. The van der Waals surface area contributed by atoms with Gasteiger partial charge in [-0.15, -0.1) is 0 Å². The van der Waals surface area contributed by atoms with Crippen molar-refractivity contribution in [3.05, 3.63) is 63.3 Å². The Kier molecular flexibility index (Phi) is 4.93. The summed E-state index contributed by atoms with van der Waals surface area (Å²) in [7, 11) is 0. The van der Waals surface area contributed by atoms with Crippen LogP contribution in [-0.4, -0.2) is 17.4 Å². The normalized spacial score (nSPS) is 10.2. The van der Waals surface area contributed by atoms with Gasteiger partial charge in [0.2, 0.25) is 0 Å². The van der Waals surface area contributed by atoms with E-state index in [1.54, 1.807) is 24.4 Å². The second-order valence-electron chi connectivity index (χ2n) is 3.95. The summed E-state index contributed by atoms with van der Waals surface area (Å²) in [6, 6.07) is 10.9. The lowest BCUT2D eigenvalue weighted by Crippen LogP contribution is -2.26. The topological polar surface area (TPSA) is 42.0 Å². The highest BCUT2D eigenvalue weighted by Gasteiger charge is 2.10. The van der Waals surface area contributed by atoms with Crippen molar-refractivity contribution in [1.29, 1.82) is 0 Å². The van der Waals surface area contributed by atoms with Gasteiger partial charge in [-0.3, -0.25) is 9.78 Å². The molecule has 0 saturated carbocycles. The molecule has 3 nitrogen and oxygen atoms in total. The minimum absolute atomic E-state index is 0.148. The zero-order valence-corrected chi connectivity index (χ0v) is 12.4. The second kappa shape index (κ2) is 6.68. The number of carbonyl (C=O) groups is 1. The average molecular weight is 340 g/mol. The zero-order valence-electron chi connectivity index (χ0n) is 10.1. The van der Waals surface area contributed by atoms with Crippen molar-refractivity contribution >= 4 is 33.4 Å². The Bertz CT molecular complexity index is 575. The molecule has 0 aliphatic carbocycles. The number of carbonyl (C=O) groups excluding carboxylic acids is 1. The Morgan fingerprint density at radius 3 is 2.89 bits per heavy atom. The van der Waals surface area contributed by atoms with Crippen LogP contribution in [0.3, 0.4) is 0 Å². The highest BCUT2D eigenvalue weighted by Crippen LogP contribution is 2.20. The van der Waals surface area contributed by atoms with Crippen molar-refractivity contribution < 1.29 is 4.79 Å². The van der Waals surface area contributed by atoms with Gasteiger partial charge in [-0.1, -0.05) is 17.7 Å². The minimum Gasteiger partial charge on any atom is -0.352 e. The standard InChI is InChI=1S/C14H12BrClN2O/c15-13-5-4-10(16)9-12(13)14(19)18-8-6-11-3-1-2-7-17-11/h1-5,7,9H,6,8H2,(H,18,19). The van der Waals surface area contributed by atoms with Crippen LogP contribution in [0.1, 0.15) is 16.1 Å². The van der Waals surface area contributed by atoms with Gasteiger partial charge >= 0.3 is 0 Å². The number of aromatic nitrogens is 1. The van der Waals surface area contributed by atoms with Crippen LogP contribution in [0.15, 0.2) is 47.1 Å². The number of nitrogens with one attached hydrogen (secondary N) is 1. The van der Waals surface area contributed by atoms with Crippen LogP contribution in [0.5, 0.6) is 0 Å². The molecule has 5 heteroatoms. The van der Waals surface area contributed by atoms with Crippen LogP contribution in [-0.2, 0) is 6.42 Å². The molecule has 0 radical (unpaired) electrons. The summed E-state index contributed by atoms with van der Waals surface area (Å²) >= 11 is 9.22. The van der Waals surface area contributed by atoms with Crippen molar-refractivity contribution in [2.45, 2.75) is 6.42 Å². The molecule has 2 aromatic rings. The van der Waals surface area contributed by atoms with Gasteiger partial charge in [0, 0.05) is 34.4 Å². The Labute approximate surface area is 125 Å². The van der Waals surface area contributed by atoms with E-state index in [-0.39, 0.29) is 5.91 Å². The molecule has 19 heavy (non-hydrogen) atoms. The number of benzene rings is 1. The number of amides is 1. The Morgan fingerprint density at radius 2 is 2.16 bits per heavy atom. The van der Waals surface area contributed by atoms with E-state index in [0.29, 0.717) is 23.6 Å². The highest BCUT2D eigenvalue weighted by molar-refractivity contribution is 9.10. The maximum Gasteiger partial charge on any atom is 0.252 e. The smallest absolute Gasteiger partial charge is 0.252 e. The lowest BCUT2D eigenvalue weighted by atomic mass is 10.2. The van der Waals surface area contributed by atoms with Crippen LogP contribution in [0.4, 0.5) is 0 Å². The van der Waals surface area contributed by atoms with Crippen LogP contribution >= 0.6 is 27.5 Å². The van der Waals surface area contributed by atoms with E-state index in [2.05, 4.69) is 26.2 Å². The molecule has 0 aliphatic rings. The third kappa shape index (κ3) is 4.04. The molecule has 0 spiro atoms. The maximum absolute atomic E-state index is 12.0. The number of nitrogens with zero attached hydrogens (tertiary/aromatic N) is 1. The summed E-state index contributed by atoms with van der Waals surface area (Å²) in [5.41, 5.74) is 1.49. The van der Waals surface area contributed by atoms with E-state index < -0.39 is 0 Å². The molecule has 2 rings (SSSR count). The molecule has 0 bridgehead atoms. The number of hydrogen-bond acceptors (Lipinski definition) is 2. The van der Waals surface area contributed by atoms with Gasteiger partial charge in [0.05, 0.1) is 5.56 Å². The highest BCUT2D eigenvalue weighted by atomic mass is 79.9. The van der Waals surface area contributed by atoms with E-state index in [1.165, 1.54) is 0 Å². The SMILES string of the molecule is O=C(NCCc1ccccn1)c1cc(Cl)ccc1Br. The molecule has 1 amide bonds. The summed E-state index contributed by atoms with van der Waals surface area (Å²) < 4.78 is 0.729. The zero-order chi connectivity index (χ0) is 13.7. The Morgan fingerprint density at radius 1 is 1.32 bits per heavy atom. The lowest BCUT2D eigenvalue weighted by molar-refractivity contribution is 0.0953. The fraction of sp³-hybridized carbons (Fsp3) is 0.143. The van der Waals surface area contributed by atoms with Crippen LogP contribution in [0.2, 0.25) is 5.02 Å². The molecular weight excluding hydrogens is 328 g/mol. The predicted octanol–water partition coefficient (Wildman–Crippen LogP) is 3.47. The van der Waals surface area contributed by atoms with Gasteiger partial charge in [0.1, 0.15) is 0 Å². The maximum atomic E-state index is 12.0. The van der Waals surface area contributed by atoms with Gasteiger partial charge in [0.25, 0.3) is 5.91 Å². The van der Waals surface area contributed by atoms with Gasteiger partial charge in [0.15, 0.2) is 0 Å². The van der Waals surface area contributed by atoms with Crippen molar-refractivity contribution in [3.8, 4) is 0 Å². The summed E-state index contributed by atoms with van der Waals surface area (Å²) in [5, 5.41) is 3.39. The molecular formula is C14H12BrClN2O. The monoisotopic (exact) mass is 338 g/mol. The molecule has 1 N–H and O–H groups in total. The first-order chi connectivity index (χ1) is 9.16. The first-order valence-corrected chi connectivity index (χ1v) is 6.97. The van der Waals surface area contributed by atoms with Crippen LogP contribution < -0.4 is 5.32 Å². The molecule has 0 unspecified atom stereocenters. The number of halogens is 2. The third-order valence-corrected chi connectivity index (χ3v) is 3.49. The summed E-state index contributed by atoms with van der Waals surface area (Å²) in [5.74, 6) is -0.148. The van der Waals surface area contributed by atoms with Crippen LogP contribution in [0.25, 0.3) is 0 Å². The molecule has 1 aromatic carbocycles. The first-order valence-electron chi connectivity index (χ1n) is 5.80. The van der Waals surface area contributed by atoms with E-state index in [4.69, 9.17) is 11.6 Å². The van der Waals surface area contributed by atoms with Gasteiger partial charge < -0.3 is 5.32 Å².